The number of hydrogen-bond donors (Lipinski definition) is 2. The fraction of sp³-hybridized carbons (Fsp3) is 0.600. The van der Waals surface area contributed by atoms with Gasteiger partial charge in [0.2, 0.25) is 0 Å². The quantitative estimate of drug-likeness (QED) is 0.782. The second-order valence-electron chi connectivity index (χ2n) is 5.16. The minimum atomic E-state index is 0.519. The number of nitrogens with one attached hydrogen (secondary N) is 1. The Morgan fingerprint density at radius 3 is 2.78 bits per heavy atom. The summed E-state index contributed by atoms with van der Waals surface area (Å²) in [5.74, 6) is 1.58. The Labute approximate surface area is 110 Å². The molecule has 0 saturated heterocycles. The van der Waals surface area contributed by atoms with Crippen LogP contribution in [0.5, 0.6) is 5.75 Å². The number of anilines is 2. The molecule has 3 N–H and O–H groups in total. The highest BCUT2D eigenvalue weighted by Gasteiger charge is 2.21. The summed E-state index contributed by atoms with van der Waals surface area (Å²) in [5, 5.41) is 3.57. The van der Waals surface area contributed by atoms with Gasteiger partial charge < -0.3 is 15.8 Å². The van der Waals surface area contributed by atoms with Crippen LogP contribution in [0.15, 0.2) is 18.2 Å². The van der Waals surface area contributed by atoms with Crippen molar-refractivity contribution in [3.8, 4) is 5.75 Å². The number of benzene rings is 1. The average molecular weight is 248 g/mol. The van der Waals surface area contributed by atoms with Crippen molar-refractivity contribution in [2.45, 2.75) is 45.6 Å². The molecular weight excluding hydrogens is 224 g/mol. The summed E-state index contributed by atoms with van der Waals surface area (Å²) in [4.78, 5) is 0. The maximum absolute atomic E-state index is 5.88. The van der Waals surface area contributed by atoms with Crippen LogP contribution in [0.3, 0.4) is 0 Å². The van der Waals surface area contributed by atoms with Gasteiger partial charge in [-0.25, -0.2) is 0 Å². The number of hydrogen-bond acceptors (Lipinski definition) is 3. The lowest BCUT2D eigenvalue weighted by Crippen LogP contribution is -2.23. The average Bonchev–Trinajstić information content (AvgIpc) is 2.87. The van der Waals surface area contributed by atoms with Gasteiger partial charge >= 0.3 is 0 Å². The van der Waals surface area contributed by atoms with E-state index in [9.17, 15) is 0 Å². The van der Waals surface area contributed by atoms with E-state index in [2.05, 4.69) is 12.2 Å². The van der Waals surface area contributed by atoms with Crippen LogP contribution >= 0.6 is 0 Å². The third-order valence-electron chi connectivity index (χ3n) is 3.81. The molecule has 18 heavy (non-hydrogen) atoms. The first kappa shape index (κ1) is 13.1. The topological polar surface area (TPSA) is 47.3 Å². The van der Waals surface area contributed by atoms with Gasteiger partial charge in [-0.2, -0.15) is 0 Å². The van der Waals surface area contributed by atoms with Crippen molar-refractivity contribution in [3.05, 3.63) is 18.2 Å². The fourth-order valence-corrected chi connectivity index (χ4v) is 2.74. The predicted molar refractivity (Wildman–Crippen MR) is 77.1 cm³/mol. The number of nitrogen functional groups attached to an aromatic ring is 1. The Morgan fingerprint density at radius 2 is 2.11 bits per heavy atom. The molecule has 1 atom stereocenters. The SMILES string of the molecule is CCOc1cc(NC(C)C2CCCC2)ccc1N. The van der Waals surface area contributed by atoms with Crippen LogP contribution in [0, 0.1) is 5.92 Å². The predicted octanol–water partition coefficient (Wildman–Crippen LogP) is 3.66. The first-order valence-corrected chi connectivity index (χ1v) is 6.99. The lowest BCUT2D eigenvalue weighted by molar-refractivity contribution is 0.342. The van der Waals surface area contributed by atoms with Crippen LogP contribution in [-0.2, 0) is 0 Å². The molecule has 0 bridgehead atoms. The molecule has 1 unspecified atom stereocenters. The largest absolute Gasteiger partial charge is 0.492 e. The molecule has 3 heteroatoms. The minimum absolute atomic E-state index is 0.519. The molecule has 1 aliphatic rings. The lowest BCUT2D eigenvalue weighted by Gasteiger charge is -2.22. The van der Waals surface area contributed by atoms with Gasteiger partial charge in [0.25, 0.3) is 0 Å². The molecule has 1 saturated carbocycles. The van der Waals surface area contributed by atoms with Crippen LogP contribution in [0.25, 0.3) is 0 Å². The zero-order chi connectivity index (χ0) is 13.0. The molecular formula is C15H24N2O. The van der Waals surface area contributed by atoms with Crippen LogP contribution in [0.4, 0.5) is 11.4 Å². The molecule has 2 rings (SSSR count). The summed E-state index contributed by atoms with van der Waals surface area (Å²) in [5.41, 5.74) is 7.68. The van der Waals surface area contributed by atoms with E-state index >= 15 is 0 Å². The molecule has 100 valence electrons. The van der Waals surface area contributed by atoms with Gasteiger partial charge in [-0.15, -0.1) is 0 Å². The summed E-state index contributed by atoms with van der Waals surface area (Å²) in [6, 6.07) is 6.47. The van der Waals surface area contributed by atoms with Crippen molar-refractivity contribution >= 4 is 11.4 Å². The fourth-order valence-electron chi connectivity index (χ4n) is 2.74. The van der Waals surface area contributed by atoms with Crippen molar-refractivity contribution < 1.29 is 4.74 Å². The van der Waals surface area contributed by atoms with Crippen molar-refractivity contribution in [1.29, 1.82) is 0 Å². The van der Waals surface area contributed by atoms with Gasteiger partial charge in [-0.3, -0.25) is 0 Å². The maximum Gasteiger partial charge on any atom is 0.144 e. The summed E-state index contributed by atoms with van der Waals surface area (Å²) in [6.45, 7) is 4.89. The van der Waals surface area contributed by atoms with Crippen molar-refractivity contribution in [1.82, 2.24) is 0 Å². The number of rotatable bonds is 5. The molecule has 1 aromatic rings. The summed E-state index contributed by atoms with van der Waals surface area (Å²) >= 11 is 0. The van der Waals surface area contributed by atoms with Crippen LogP contribution in [-0.4, -0.2) is 12.6 Å². The van der Waals surface area contributed by atoms with E-state index in [1.54, 1.807) is 0 Å². The molecule has 3 nitrogen and oxygen atoms in total. The molecule has 1 aromatic carbocycles. The van der Waals surface area contributed by atoms with Gasteiger partial charge in [-0.1, -0.05) is 12.8 Å². The van der Waals surface area contributed by atoms with E-state index in [4.69, 9.17) is 10.5 Å². The van der Waals surface area contributed by atoms with Crippen molar-refractivity contribution in [3.63, 3.8) is 0 Å². The lowest BCUT2D eigenvalue weighted by atomic mass is 9.99. The van der Waals surface area contributed by atoms with Crippen molar-refractivity contribution in [2.75, 3.05) is 17.7 Å². The molecule has 0 aliphatic heterocycles. The normalized spacial score (nSPS) is 17.7. The van der Waals surface area contributed by atoms with Gasteiger partial charge in [0.15, 0.2) is 0 Å². The number of nitrogens with two attached hydrogens (primary N) is 1. The monoisotopic (exact) mass is 248 g/mol. The van der Waals surface area contributed by atoms with Crippen molar-refractivity contribution in [2.24, 2.45) is 5.92 Å². The highest BCUT2D eigenvalue weighted by molar-refractivity contribution is 5.61. The van der Waals surface area contributed by atoms with Crippen LogP contribution < -0.4 is 15.8 Å². The number of ether oxygens (including phenoxy) is 1. The Bertz CT molecular complexity index is 386. The Balaban J connectivity index is 2.01. The highest BCUT2D eigenvalue weighted by Crippen LogP contribution is 2.31. The summed E-state index contributed by atoms with van der Waals surface area (Å²) in [6.07, 6.45) is 5.45. The Kier molecular flexibility index (Phi) is 4.34. The first-order valence-electron chi connectivity index (χ1n) is 6.99. The first-order chi connectivity index (χ1) is 8.70. The van der Waals surface area contributed by atoms with Gasteiger partial charge in [-0.05, 0) is 44.7 Å². The molecule has 1 aliphatic carbocycles. The van der Waals surface area contributed by atoms with Crippen LogP contribution in [0.2, 0.25) is 0 Å². The molecule has 0 heterocycles. The van der Waals surface area contributed by atoms with E-state index in [0.717, 1.165) is 17.4 Å². The smallest absolute Gasteiger partial charge is 0.144 e. The van der Waals surface area contributed by atoms with E-state index in [1.807, 2.05) is 25.1 Å². The van der Waals surface area contributed by atoms with Gasteiger partial charge in [0.05, 0.1) is 12.3 Å². The Hall–Kier alpha value is -1.38. The summed E-state index contributed by atoms with van der Waals surface area (Å²) in [7, 11) is 0. The third kappa shape index (κ3) is 3.09. The molecule has 0 amide bonds. The minimum Gasteiger partial charge on any atom is -0.492 e. The Morgan fingerprint density at radius 1 is 1.39 bits per heavy atom. The van der Waals surface area contributed by atoms with Crippen LogP contribution in [0.1, 0.15) is 39.5 Å². The van der Waals surface area contributed by atoms with Gasteiger partial charge in [0.1, 0.15) is 5.75 Å². The molecule has 1 fully saturated rings. The van der Waals surface area contributed by atoms with E-state index in [-0.39, 0.29) is 0 Å². The third-order valence-corrected chi connectivity index (χ3v) is 3.81. The molecule has 0 radical (unpaired) electrons. The maximum atomic E-state index is 5.88. The molecule has 0 aromatic heterocycles. The molecule has 0 spiro atoms. The zero-order valence-corrected chi connectivity index (χ0v) is 11.4. The van der Waals surface area contributed by atoms with E-state index in [0.29, 0.717) is 18.3 Å². The van der Waals surface area contributed by atoms with Gasteiger partial charge in [0, 0.05) is 17.8 Å². The van der Waals surface area contributed by atoms with E-state index < -0.39 is 0 Å². The zero-order valence-electron chi connectivity index (χ0n) is 11.4. The van der Waals surface area contributed by atoms with E-state index in [1.165, 1.54) is 25.7 Å². The standard InChI is InChI=1S/C15H24N2O/c1-3-18-15-10-13(8-9-14(15)16)17-11(2)12-6-4-5-7-12/h8-12,17H,3-7,16H2,1-2H3. The second-order valence-corrected chi connectivity index (χ2v) is 5.16. The summed E-state index contributed by atoms with van der Waals surface area (Å²) < 4.78 is 5.52. The highest BCUT2D eigenvalue weighted by atomic mass is 16.5. The second kappa shape index (κ2) is 5.98.